The zero-order valence-corrected chi connectivity index (χ0v) is 18.1. The highest BCUT2D eigenvalue weighted by molar-refractivity contribution is 7.21. The first-order valence-corrected chi connectivity index (χ1v) is 10.9. The van der Waals surface area contributed by atoms with Gasteiger partial charge in [0.05, 0.1) is 27.9 Å². The zero-order valence-electron chi connectivity index (χ0n) is 16.6. The summed E-state index contributed by atoms with van der Waals surface area (Å²) in [5.74, 6) is 0.264. The molecule has 1 heterocycles. The molecule has 0 aliphatic carbocycles. The normalized spacial score (nSPS) is 11.0. The molecule has 0 atom stereocenters. The number of methoxy groups -OCH3 is 1. The molecule has 0 aliphatic heterocycles. The fourth-order valence-corrected chi connectivity index (χ4v) is 4.85. The number of aromatic nitrogens is 1. The number of halogens is 1. The van der Waals surface area contributed by atoms with Gasteiger partial charge in [0.2, 0.25) is 0 Å². The van der Waals surface area contributed by atoms with Crippen molar-refractivity contribution in [3.8, 4) is 16.3 Å². The Kier molecular flexibility index (Phi) is 5.06. The maximum absolute atomic E-state index is 13.0. The van der Waals surface area contributed by atoms with Gasteiger partial charge in [0, 0.05) is 11.3 Å². The molecule has 4 aromatic carbocycles. The highest BCUT2D eigenvalue weighted by atomic mass is 35.5. The molecular formula is C25H17ClN2O2S. The van der Waals surface area contributed by atoms with Crippen LogP contribution in [0, 0.1) is 0 Å². The van der Waals surface area contributed by atoms with Crippen LogP contribution in [0.3, 0.4) is 0 Å². The lowest BCUT2D eigenvalue weighted by atomic mass is 10.1. The fourth-order valence-electron chi connectivity index (χ4n) is 3.52. The molecule has 0 saturated carbocycles. The summed E-state index contributed by atoms with van der Waals surface area (Å²) >= 11 is 8.14. The molecule has 5 rings (SSSR count). The van der Waals surface area contributed by atoms with Gasteiger partial charge in [-0.25, -0.2) is 4.98 Å². The third-order valence-electron chi connectivity index (χ3n) is 5.06. The van der Waals surface area contributed by atoms with Crippen LogP contribution in [0.15, 0.2) is 78.9 Å². The van der Waals surface area contributed by atoms with Crippen LogP contribution in [0.2, 0.25) is 5.02 Å². The van der Waals surface area contributed by atoms with Gasteiger partial charge in [-0.2, -0.15) is 0 Å². The van der Waals surface area contributed by atoms with Crippen molar-refractivity contribution in [3.05, 3.63) is 89.4 Å². The summed E-state index contributed by atoms with van der Waals surface area (Å²) < 4.78 is 6.55. The van der Waals surface area contributed by atoms with Crippen LogP contribution in [0.25, 0.3) is 31.6 Å². The smallest absolute Gasteiger partial charge is 0.259 e. The third-order valence-corrected chi connectivity index (χ3v) is 6.45. The predicted molar refractivity (Wildman–Crippen MR) is 129 cm³/mol. The molecule has 152 valence electrons. The quantitative estimate of drug-likeness (QED) is 0.323. The van der Waals surface area contributed by atoms with Crippen LogP contribution in [-0.4, -0.2) is 18.0 Å². The SMILES string of the molecule is COc1cc2ccccc2cc1C(=O)Nc1ccc(-c2nc3ccccc3s2)c(Cl)c1. The zero-order chi connectivity index (χ0) is 21.4. The van der Waals surface area contributed by atoms with E-state index in [4.69, 9.17) is 16.3 Å². The summed E-state index contributed by atoms with van der Waals surface area (Å²) in [4.78, 5) is 17.6. The number of carbonyl (C=O) groups is 1. The molecule has 0 saturated heterocycles. The molecule has 1 amide bonds. The van der Waals surface area contributed by atoms with Crippen molar-refractivity contribution in [3.63, 3.8) is 0 Å². The number of benzene rings is 4. The van der Waals surface area contributed by atoms with Gasteiger partial charge >= 0.3 is 0 Å². The largest absolute Gasteiger partial charge is 0.496 e. The number of para-hydroxylation sites is 1. The first kappa shape index (κ1) is 19.5. The number of hydrogen-bond acceptors (Lipinski definition) is 4. The van der Waals surface area contributed by atoms with E-state index in [1.54, 1.807) is 24.5 Å². The second-order valence-corrected chi connectivity index (χ2v) is 8.47. The number of thiazole rings is 1. The highest BCUT2D eigenvalue weighted by Gasteiger charge is 2.16. The van der Waals surface area contributed by atoms with Crippen molar-refractivity contribution >= 4 is 55.5 Å². The van der Waals surface area contributed by atoms with Crippen molar-refractivity contribution in [2.45, 2.75) is 0 Å². The van der Waals surface area contributed by atoms with Crippen LogP contribution >= 0.6 is 22.9 Å². The Morgan fingerprint density at radius 2 is 1.71 bits per heavy atom. The maximum atomic E-state index is 13.0. The Labute approximate surface area is 188 Å². The second-order valence-electron chi connectivity index (χ2n) is 7.04. The summed E-state index contributed by atoms with van der Waals surface area (Å²) in [5, 5.41) is 6.28. The van der Waals surface area contributed by atoms with Crippen LogP contribution in [0.1, 0.15) is 10.4 Å². The standard InChI is InChI=1S/C25H17ClN2O2S/c1-30-22-13-16-7-3-2-6-15(16)12-19(22)24(29)27-17-10-11-18(20(26)14-17)25-28-21-8-4-5-9-23(21)31-25/h2-14H,1H3,(H,27,29). The first-order chi connectivity index (χ1) is 15.1. The molecule has 5 aromatic rings. The summed E-state index contributed by atoms with van der Waals surface area (Å²) in [7, 11) is 1.56. The van der Waals surface area contributed by atoms with E-state index in [0.717, 1.165) is 31.6 Å². The van der Waals surface area contributed by atoms with E-state index in [1.165, 1.54) is 0 Å². The Bertz CT molecular complexity index is 1410. The number of nitrogens with one attached hydrogen (secondary N) is 1. The van der Waals surface area contributed by atoms with Gasteiger partial charge in [0.15, 0.2) is 0 Å². The Morgan fingerprint density at radius 1 is 0.968 bits per heavy atom. The molecular weight excluding hydrogens is 428 g/mol. The number of rotatable bonds is 4. The van der Waals surface area contributed by atoms with Crippen molar-refractivity contribution in [1.82, 2.24) is 4.98 Å². The third kappa shape index (κ3) is 3.74. The van der Waals surface area contributed by atoms with Crippen molar-refractivity contribution < 1.29 is 9.53 Å². The fraction of sp³-hybridized carbons (Fsp3) is 0.0400. The van der Waals surface area contributed by atoms with Gasteiger partial charge in [-0.15, -0.1) is 11.3 Å². The van der Waals surface area contributed by atoms with E-state index in [9.17, 15) is 4.79 Å². The number of hydrogen-bond donors (Lipinski definition) is 1. The molecule has 4 nitrogen and oxygen atoms in total. The lowest BCUT2D eigenvalue weighted by Gasteiger charge is -2.12. The predicted octanol–water partition coefficient (Wildman–Crippen LogP) is 7.03. The summed E-state index contributed by atoms with van der Waals surface area (Å²) in [6.45, 7) is 0. The lowest BCUT2D eigenvalue weighted by molar-refractivity contribution is 0.102. The lowest BCUT2D eigenvalue weighted by Crippen LogP contribution is -2.13. The molecule has 31 heavy (non-hydrogen) atoms. The van der Waals surface area contributed by atoms with Gasteiger partial charge < -0.3 is 10.1 Å². The van der Waals surface area contributed by atoms with Crippen molar-refractivity contribution in [2.75, 3.05) is 12.4 Å². The van der Waals surface area contributed by atoms with Crippen LogP contribution in [-0.2, 0) is 0 Å². The minimum Gasteiger partial charge on any atom is -0.496 e. The van der Waals surface area contributed by atoms with Crippen LogP contribution in [0.5, 0.6) is 5.75 Å². The van der Waals surface area contributed by atoms with E-state index in [1.807, 2.05) is 72.8 Å². The van der Waals surface area contributed by atoms with Crippen molar-refractivity contribution in [1.29, 1.82) is 0 Å². The van der Waals surface area contributed by atoms with Crippen molar-refractivity contribution in [2.24, 2.45) is 0 Å². The number of amides is 1. The van der Waals surface area contributed by atoms with E-state index >= 15 is 0 Å². The molecule has 0 radical (unpaired) electrons. The number of anilines is 1. The second kappa shape index (κ2) is 8.02. The molecule has 0 bridgehead atoms. The van der Waals surface area contributed by atoms with Gasteiger partial charge in [-0.05, 0) is 53.2 Å². The van der Waals surface area contributed by atoms with Gasteiger partial charge in [-0.3, -0.25) is 4.79 Å². The van der Waals surface area contributed by atoms with E-state index in [-0.39, 0.29) is 5.91 Å². The Morgan fingerprint density at radius 3 is 2.45 bits per heavy atom. The van der Waals surface area contributed by atoms with E-state index < -0.39 is 0 Å². The summed E-state index contributed by atoms with van der Waals surface area (Å²) in [6, 6.07) is 25.0. The molecule has 0 fully saturated rings. The highest BCUT2D eigenvalue weighted by Crippen LogP contribution is 2.36. The number of ether oxygens (including phenoxy) is 1. The van der Waals surface area contributed by atoms with Gasteiger partial charge in [-0.1, -0.05) is 48.0 Å². The van der Waals surface area contributed by atoms with Crippen LogP contribution in [0.4, 0.5) is 5.69 Å². The summed E-state index contributed by atoms with van der Waals surface area (Å²) in [5.41, 5.74) is 2.85. The molecule has 6 heteroatoms. The number of fused-ring (bicyclic) bond motifs is 2. The first-order valence-electron chi connectivity index (χ1n) is 9.66. The van der Waals surface area contributed by atoms with E-state index in [0.29, 0.717) is 22.0 Å². The molecule has 1 aromatic heterocycles. The minimum absolute atomic E-state index is 0.258. The molecule has 1 N–H and O–H groups in total. The monoisotopic (exact) mass is 444 g/mol. The Hall–Kier alpha value is -3.41. The average Bonchev–Trinajstić information content (AvgIpc) is 3.22. The van der Waals surface area contributed by atoms with Gasteiger partial charge in [0.25, 0.3) is 5.91 Å². The minimum atomic E-state index is -0.258. The summed E-state index contributed by atoms with van der Waals surface area (Å²) in [6.07, 6.45) is 0. The van der Waals surface area contributed by atoms with Gasteiger partial charge in [0.1, 0.15) is 10.8 Å². The van der Waals surface area contributed by atoms with Crippen LogP contribution < -0.4 is 10.1 Å². The van der Waals surface area contributed by atoms with E-state index in [2.05, 4.69) is 10.3 Å². The molecule has 0 unspecified atom stereocenters. The topological polar surface area (TPSA) is 51.2 Å². The number of carbonyl (C=O) groups excluding carboxylic acids is 1. The maximum Gasteiger partial charge on any atom is 0.259 e. The molecule has 0 spiro atoms. The Balaban J connectivity index is 1.44. The number of nitrogens with zero attached hydrogens (tertiary/aromatic N) is 1. The molecule has 0 aliphatic rings. The average molecular weight is 445 g/mol.